The van der Waals surface area contributed by atoms with E-state index in [0.717, 1.165) is 12.3 Å². The standard InChI is InChI=1S/C16H16N2O8/c1-4-24-13(19)9-5-6-11(12(7-9)18(22)23)17-8-10-14(20)25-16(2,3)26-15(10)21/h5-8,17H,4H2,1-3H3. The summed E-state index contributed by atoms with van der Waals surface area (Å²) in [6.07, 6.45) is 0.951. The number of carbonyl (C=O) groups is 3. The highest BCUT2D eigenvalue weighted by Crippen LogP contribution is 2.27. The summed E-state index contributed by atoms with van der Waals surface area (Å²) in [7, 11) is 0. The molecule has 1 saturated heterocycles. The first-order chi connectivity index (χ1) is 12.1. The molecule has 0 aliphatic carbocycles. The van der Waals surface area contributed by atoms with E-state index in [2.05, 4.69) is 5.32 Å². The molecule has 1 aliphatic rings. The lowest BCUT2D eigenvalue weighted by Crippen LogP contribution is -2.42. The molecule has 1 fully saturated rings. The topological polar surface area (TPSA) is 134 Å². The van der Waals surface area contributed by atoms with Crippen molar-refractivity contribution in [3.63, 3.8) is 0 Å². The second-order valence-corrected chi connectivity index (χ2v) is 5.59. The van der Waals surface area contributed by atoms with Gasteiger partial charge in [-0.15, -0.1) is 0 Å². The number of nitrogens with one attached hydrogen (secondary N) is 1. The Balaban J connectivity index is 2.29. The molecule has 0 unspecified atom stereocenters. The number of esters is 3. The number of benzene rings is 1. The number of cyclic esters (lactones) is 2. The first kappa shape index (κ1) is 18.9. The van der Waals surface area contributed by atoms with Gasteiger partial charge in [-0.1, -0.05) is 0 Å². The van der Waals surface area contributed by atoms with Crippen molar-refractivity contribution in [1.82, 2.24) is 0 Å². The molecule has 26 heavy (non-hydrogen) atoms. The van der Waals surface area contributed by atoms with Crippen LogP contribution < -0.4 is 5.32 Å². The second kappa shape index (κ2) is 7.21. The molecule has 1 aliphatic heterocycles. The number of hydrogen-bond acceptors (Lipinski definition) is 9. The largest absolute Gasteiger partial charge is 0.462 e. The van der Waals surface area contributed by atoms with Crippen LogP contribution in [-0.2, 0) is 23.8 Å². The van der Waals surface area contributed by atoms with Crippen LogP contribution in [0.2, 0.25) is 0 Å². The molecule has 0 radical (unpaired) electrons. The van der Waals surface area contributed by atoms with Crippen molar-refractivity contribution in [1.29, 1.82) is 0 Å². The minimum absolute atomic E-state index is 0.00464. The average molecular weight is 364 g/mol. The zero-order valence-electron chi connectivity index (χ0n) is 14.2. The van der Waals surface area contributed by atoms with Crippen molar-refractivity contribution in [2.45, 2.75) is 26.6 Å². The Hall–Kier alpha value is -3.43. The molecule has 138 valence electrons. The number of nitro groups is 1. The molecule has 10 heteroatoms. The maximum atomic E-state index is 11.8. The third kappa shape index (κ3) is 4.15. The van der Waals surface area contributed by atoms with Crippen LogP contribution in [0, 0.1) is 10.1 Å². The fourth-order valence-corrected chi connectivity index (χ4v) is 2.07. The quantitative estimate of drug-likeness (QED) is 0.273. The van der Waals surface area contributed by atoms with Crippen LogP contribution in [-0.4, -0.2) is 35.2 Å². The molecule has 1 aromatic rings. The predicted molar refractivity (Wildman–Crippen MR) is 87.0 cm³/mol. The Morgan fingerprint density at radius 2 is 1.92 bits per heavy atom. The number of nitro benzene ring substituents is 1. The fourth-order valence-electron chi connectivity index (χ4n) is 2.07. The Morgan fingerprint density at radius 1 is 1.31 bits per heavy atom. The molecule has 1 aromatic carbocycles. The Labute approximate surface area is 147 Å². The first-order valence-electron chi connectivity index (χ1n) is 7.53. The summed E-state index contributed by atoms with van der Waals surface area (Å²) in [6.45, 7) is 4.52. The van der Waals surface area contributed by atoms with Gasteiger partial charge in [0.2, 0.25) is 0 Å². The molecule has 2 rings (SSSR count). The molecular formula is C16H16N2O8. The number of anilines is 1. The molecule has 0 atom stereocenters. The highest BCUT2D eigenvalue weighted by molar-refractivity contribution is 6.15. The van der Waals surface area contributed by atoms with Crippen molar-refractivity contribution in [3.8, 4) is 0 Å². The van der Waals surface area contributed by atoms with Gasteiger partial charge in [-0.2, -0.15) is 0 Å². The van der Waals surface area contributed by atoms with E-state index in [-0.39, 0.29) is 17.9 Å². The Bertz CT molecular complexity index is 790. The van der Waals surface area contributed by atoms with Gasteiger partial charge in [-0.05, 0) is 19.1 Å². The third-order valence-corrected chi connectivity index (χ3v) is 3.19. The summed E-state index contributed by atoms with van der Waals surface area (Å²) in [4.78, 5) is 45.9. The van der Waals surface area contributed by atoms with Crippen LogP contribution in [0.5, 0.6) is 0 Å². The predicted octanol–water partition coefficient (Wildman–Crippen LogP) is 1.90. The number of carbonyl (C=O) groups excluding carboxylic acids is 3. The zero-order valence-corrected chi connectivity index (χ0v) is 14.2. The Kier molecular flexibility index (Phi) is 5.24. The van der Waals surface area contributed by atoms with Crippen LogP contribution in [0.3, 0.4) is 0 Å². The summed E-state index contributed by atoms with van der Waals surface area (Å²) in [5.74, 6) is -3.95. The summed E-state index contributed by atoms with van der Waals surface area (Å²) in [6, 6.07) is 3.59. The smallest absolute Gasteiger partial charge is 0.350 e. The minimum atomic E-state index is -1.39. The summed E-state index contributed by atoms with van der Waals surface area (Å²) in [5, 5.41) is 13.7. The number of hydrogen-bond donors (Lipinski definition) is 1. The van der Waals surface area contributed by atoms with Crippen LogP contribution in [0.25, 0.3) is 0 Å². The molecule has 0 spiro atoms. The van der Waals surface area contributed by atoms with E-state index in [0.29, 0.717) is 0 Å². The van der Waals surface area contributed by atoms with Crippen LogP contribution in [0.15, 0.2) is 30.0 Å². The minimum Gasteiger partial charge on any atom is -0.462 e. The monoisotopic (exact) mass is 364 g/mol. The van der Waals surface area contributed by atoms with Crippen molar-refractivity contribution < 1.29 is 33.5 Å². The van der Waals surface area contributed by atoms with Gasteiger partial charge in [0, 0.05) is 26.1 Å². The normalized spacial score (nSPS) is 15.6. The van der Waals surface area contributed by atoms with Gasteiger partial charge in [0.25, 0.3) is 11.5 Å². The molecular weight excluding hydrogens is 348 g/mol. The lowest BCUT2D eigenvalue weighted by atomic mass is 10.1. The van der Waals surface area contributed by atoms with Crippen molar-refractivity contribution in [3.05, 3.63) is 45.6 Å². The van der Waals surface area contributed by atoms with Crippen molar-refractivity contribution in [2.75, 3.05) is 11.9 Å². The number of rotatable bonds is 5. The summed E-state index contributed by atoms with van der Waals surface area (Å²) in [5.41, 5.74) is -0.936. The van der Waals surface area contributed by atoms with Gasteiger partial charge < -0.3 is 19.5 Å². The molecule has 0 saturated carbocycles. The first-order valence-corrected chi connectivity index (χ1v) is 7.53. The molecule has 0 amide bonds. The second-order valence-electron chi connectivity index (χ2n) is 5.59. The maximum Gasteiger partial charge on any atom is 0.350 e. The van der Waals surface area contributed by atoms with Crippen LogP contribution >= 0.6 is 0 Å². The third-order valence-electron chi connectivity index (χ3n) is 3.19. The van der Waals surface area contributed by atoms with Gasteiger partial charge in [0.05, 0.1) is 17.1 Å². The van der Waals surface area contributed by atoms with Gasteiger partial charge in [-0.3, -0.25) is 10.1 Å². The molecule has 1 heterocycles. The maximum absolute atomic E-state index is 11.8. The summed E-state index contributed by atoms with van der Waals surface area (Å²) >= 11 is 0. The highest BCUT2D eigenvalue weighted by Gasteiger charge is 2.39. The Morgan fingerprint density at radius 3 is 2.46 bits per heavy atom. The fraction of sp³-hybridized carbons (Fsp3) is 0.312. The lowest BCUT2D eigenvalue weighted by molar-refractivity contribution is -0.384. The lowest BCUT2D eigenvalue weighted by Gasteiger charge is -2.29. The van der Waals surface area contributed by atoms with Crippen LogP contribution in [0.1, 0.15) is 31.1 Å². The van der Waals surface area contributed by atoms with Gasteiger partial charge >= 0.3 is 17.9 Å². The van der Waals surface area contributed by atoms with Gasteiger partial charge in [0.1, 0.15) is 5.69 Å². The van der Waals surface area contributed by atoms with E-state index in [9.17, 15) is 24.5 Å². The number of ether oxygens (including phenoxy) is 3. The SMILES string of the molecule is CCOC(=O)c1ccc(NC=C2C(=O)OC(C)(C)OC2=O)c([N+](=O)[O-])c1. The highest BCUT2D eigenvalue weighted by atomic mass is 16.7. The zero-order chi connectivity index (χ0) is 19.5. The van der Waals surface area contributed by atoms with E-state index < -0.39 is 39.9 Å². The van der Waals surface area contributed by atoms with E-state index in [1.165, 1.54) is 26.0 Å². The van der Waals surface area contributed by atoms with E-state index >= 15 is 0 Å². The molecule has 10 nitrogen and oxygen atoms in total. The van der Waals surface area contributed by atoms with Gasteiger partial charge in [0.15, 0.2) is 5.57 Å². The average Bonchev–Trinajstić information content (AvgIpc) is 2.53. The molecule has 1 N–H and O–H groups in total. The van der Waals surface area contributed by atoms with Crippen LogP contribution in [0.4, 0.5) is 11.4 Å². The van der Waals surface area contributed by atoms with E-state index in [4.69, 9.17) is 14.2 Å². The van der Waals surface area contributed by atoms with Crippen molar-refractivity contribution >= 4 is 29.3 Å². The van der Waals surface area contributed by atoms with Crippen molar-refractivity contribution in [2.24, 2.45) is 0 Å². The molecule has 0 bridgehead atoms. The van der Waals surface area contributed by atoms with Gasteiger partial charge in [-0.25, -0.2) is 14.4 Å². The van der Waals surface area contributed by atoms with E-state index in [1.54, 1.807) is 6.92 Å². The summed E-state index contributed by atoms with van der Waals surface area (Å²) < 4.78 is 14.6. The van der Waals surface area contributed by atoms with E-state index in [1.807, 2.05) is 0 Å². The molecule has 0 aromatic heterocycles. The number of nitrogens with zero attached hydrogens (tertiary/aromatic N) is 1.